The van der Waals surface area contributed by atoms with Crippen LogP contribution in [-0.4, -0.2) is 56.9 Å². The molecular weight excluding hydrogens is 508 g/mol. The van der Waals surface area contributed by atoms with Gasteiger partial charge < -0.3 is 14.4 Å². The van der Waals surface area contributed by atoms with Crippen LogP contribution < -0.4 is 9.47 Å². The molecule has 0 spiro atoms. The maximum absolute atomic E-state index is 13.8. The number of para-hydroxylation sites is 2. The summed E-state index contributed by atoms with van der Waals surface area (Å²) in [7, 11) is -2.20. The molecule has 0 N–H and O–H groups in total. The van der Waals surface area contributed by atoms with Gasteiger partial charge in [-0.15, -0.1) is 11.3 Å². The van der Waals surface area contributed by atoms with Gasteiger partial charge in [0.2, 0.25) is 15.9 Å². The Labute approximate surface area is 222 Å². The number of methoxy groups -OCH3 is 1. The number of thiophene rings is 1. The first-order valence-corrected chi connectivity index (χ1v) is 14.9. The molecule has 1 aliphatic heterocycles. The Morgan fingerprint density at radius 2 is 1.81 bits per heavy atom. The van der Waals surface area contributed by atoms with Crippen LogP contribution in [0.3, 0.4) is 0 Å². The SMILES string of the molecule is COc1ccccc1OCC1c2ccsc2CCN1C(=O)CN(CC1CC1)S(=O)(=O)c1ccc(C)cc1. The average Bonchev–Trinajstić information content (AvgIpc) is 3.59. The van der Waals surface area contributed by atoms with Gasteiger partial charge >= 0.3 is 0 Å². The number of benzene rings is 2. The molecule has 2 aliphatic rings. The van der Waals surface area contributed by atoms with E-state index in [-0.39, 0.29) is 30.0 Å². The maximum atomic E-state index is 13.8. The van der Waals surface area contributed by atoms with Crippen molar-refractivity contribution >= 4 is 27.3 Å². The molecule has 1 amide bonds. The molecule has 2 heterocycles. The van der Waals surface area contributed by atoms with Crippen LogP contribution in [0.15, 0.2) is 64.9 Å². The van der Waals surface area contributed by atoms with Gasteiger partial charge in [0.15, 0.2) is 11.5 Å². The predicted molar refractivity (Wildman–Crippen MR) is 144 cm³/mol. The number of amides is 1. The van der Waals surface area contributed by atoms with E-state index in [9.17, 15) is 13.2 Å². The standard InChI is InChI=1S/C28H32N2O5S2/c1-20-7-11-22(12-8-20)37(32,33)29(17-21-9-10-21)18-28(31)30-15-13-27-23(14-16-36-27)24(30)19-35-26-6-4-3-5-25(26)34-2/h3-8,11-12,14,16,21,24H,9-10,13,15,17-19H2,1-2H3. The van der Waals surface area contributed by atoms with Crippen molar-refractivity contribution in [3.05, 3.63) is 76.0 Å². The zero-order valence-corrected chi connectivity index (χ0v) is 22.8. The lowest BCUT2D eigenvalue weighted by molar-refractivity contribution is -0.135. The second kappa shape index (κ2) is 10.8. The molecule has 7 nitrogen and oxygen atoms in total. The number of aryl methyl sites for hydroxylation is 1. The Morgan fingerprint density at radius 3 is 2.51 bits per heavy atom. The maximum Gasteiger partial charge on any atom is 0.243 e. The number of carbonyl (C=O) groups is 1. The van der Waals surface area contributed by atoms with Gasteiger partial charge in [-0.05, 0) is 73.4 Å². The summed E-state index contributed by atoms with van der Waals surface area (Å²) in [5.41, 5.74) is 2.05. The summed E-state index contributed by atoms with van der Waals surface area (Å²) < 4.78 is 40.1. The fraction of sp³-hybridized carbons (Fsp3) is 0.393. The van der Waals surface area contributed by atoms with E-state index in [1.807, 2.05) is 42.6 Å². The predicted octanol–water partition coefficient (Wildman–Crippen LogP) is 4.67. The summed E-state index contributed by atoms with van der Waals surface area (Å²) in [6, 6.07) is 16.0. The fourth-order valence-corrected chi connectivity index (χ4v) is 7.11. The Morgan fingerprint density at radius 1 is 1.08 bits per heavy atom. The molecule has 1 atom stereocenters. The molecule has 0 radical (unpaired) electrons. The highest BCUT2D eigenvalue weighted by Crippen LogP contribution is 2.36. The highest BCUT2D eigenvalue weighted by molar-refractivity contribution is 7.89. The molecule has 9 heteroatoms. The summed E-state index contributed by atoms with van der Waals surface area (Å²) in [6.07, 6.45) is 2.73. The van der Waals surface area contributed by atoms with Gasteiger partial charge in [0, 0.05) is 18.0 Å². The Balaban J connectivity index is 1.38. The molecule has 1 aliphatic carbocycles. The van der Waals surface area contributed by atoms with E-state index in [1.54, 1.807) is 47.6 Å². The van der Waals surface area contributed by atoms with Gasteiger partial charge in [0.25, 0.3) is 0 Å². The summed E-state index contributed by atoms with van der Waals surface area (Å²) in [5.74, 6) is 1.34. The molecule has 37 heavy (non-hydrogen) atoms. The van der Waals surface area contributed by atoms with Gasteiger partial charge in [-0.3, -0.25) is 4.79 Å². The van der Waals surface area contributed by atoms with E-state index in [4.69, 9.17) is 9.47 Å². The van der Waals surface area contributed by atoms with E-state index in [2.05, 4.69) is 0 Å². The molecule has 1 saturated carbocycles. The second-order valence-electron chi connectivity index (χ2n) is 9.67. The molecule has 5 rings (SSSR count). The number of fused-ring (bicyclic) bond motifs is 1. The van der Waals surface area contributed by atoms with E-state index >= 15 is 0 Å². The quantitative estimate of drug-likeness (QED) is 0.374. The first-order valence-electron chi connectivity index (χ1n) is 12.5. The normalized spacial score (nSPS) is 17.5. The van der Waals surface area contributed by atoms with Crippen molar-refractivity contribution in [1.82, 2.24) is 9.21 Å². The van der Waals surface area contributed by atoms with Crippen LogP contribution in [0.4, 0.5) is 0 Å². The van der Waals surface area contributed by atoms with Gasteiger partial charge in [0.05, 0.1) is 24.6 Å². The number of hydrogen-bond donors (Lipinski definition) is 0. The van der Waals surface area contributed by atoms with Gasteiger partial charge in [-0.1, -0.05) is 29.8 Å². The van der Waals surface area contributed by atoms with E-state index in [1.165, 1.54) is 9.18 Å². The lowest BCUT2D eigenvalue weighted by Crippen LogP contribution is -2.48. The highest BCUT2D eigenvalue weighted by atomic mass is 32.2. The largest absolute Gasteiger partial charge is 0.493 e. The monoisotopic (exact) mass is 540 g/mol. The lowest BCUT2D eigenvalue weighted by atomic mass is 10.0. The molecular formula is C28H32N2O5S2. The highest BCUT2D eigenvalue weighted by Gasteiger charge is 2.37. The minimum Gasteiger partial charge on any atom is -0.493 e. The molecule has 0 saturated heterocycles. The van der Waals surface area contributed by atoms with Crippen molar-refractivity contribution in [2.45, 2.75) is 37.1 Å². The molecule has 3 aromatic rings. The minimum atomic E-state index is -3.80. The zero-order valence-electron chi connectivity index (χ0n) is 21.1. The average molecular weight is 541 g/mol. The van der Waals surface area contributed by atoms with Crippen LogP contribution in [0, 0.1) is 12.8 Å². The van der Waals surface area contributed by atoms with E-state index < -0.39 is 10.0 Å². The van der Waals surface area contributed by atoms with Crippen LogP contribution in [-0.2, 0) is 21.2 Å². The summed E-state index contributed by atoms with van der Waals surface area (Å²) in [5, 5.41) is 2.04. The molecule has 1 fully saturated rings. The number of hydrogen-bond acceptors (Lipinski definition) is 6. The Kier molecular flexibility index (Phi) is 7.55. The third kappa shape index (κ3) is 5.68. The molecule has 1 unspecified atom stereocenters. The summed E-state index contributed by atoms with van der Waals surface area (Å²) in [4.78, 5) is 17.0. The molecule has 0 bridgehead atoms. The van der Waals surface area contributed by atoms with Crippen LogP contribution in [0.1, 0.15) is 34.9 Å². The summed E-state index contributed by atoms with van der Waals surface area (Å²) >= 11 is 1.68. The van der Waals surface area contributed by atoms with Crippen molar-refractivity contribution in [3.63, 3.8) is 0 Å². The van der Waals surface area contributed by atoms with Crippen molar-refractivity contribution < 1.29 is 22.7 Å². The fourth-order valence-electron chi connectivity index (χ4n) is 4.72. The minimum absolute atomic E-state index is 0.183. The van der Waals surface area contributed by atoms with Crippen molar-refractivity contribution in [1.29, 1.82) is 0 Å². The molecule has 2 aromatic carbocycles. The summed E-state index contributed by atoms with van der Waals surface area (Å²) in [6.45, 7) is 2.88. The Bertz CT molecular complexity index is 1350. The van der Waals surface area contributed by atoms with Crippen molar-refractivity contribution in [2.24, 2.45) is 5.92 Å². The van der Waals surface area contributed by atoms with Crippen LogP contribution in [0.2, 0.25) is 0 Å². The number of rotatable bonds is 10. The zero-order chi connectivity index (χ0) is 26.0. The van der Waals surface area contributed by atoms with Crippen molar-refractivity contribution in [2.75, 3.05) is 33.4 Å². The van der Waals surface area contributed by atoms with Crippen LogP contribution >= 0.6 is 11.3 Å². The lowest BCUT2D eigenvalue weighted by Gasteiger charge is -2.37. The van der Waals surface area contributed by atoms with Gasteiger partial charge in [-0.25, -0.2) is 8.42 Å². The van der Waals surface area contributed by atoms with E-state index in [0.717, 1.165) is 30.4 Å². The first-order chi connectivity index (χ1) is 17.9. The molecule has 1 aromatic heterocycles. The van der Waals surface area contributed by atoms with Gasteiger partial charge in [-0.2, -0.15) is 4.31 Å². The van der Waals surface area contributed by atoms with Crippen LogP contribution in [0.25, 0.3) is 0 Å². The first kappa shape index (κ1) is 25.8. The third-order valence-corrected chi connectivity index (χ3v) is 9.83. The second-order valence-corrected chi connectivity index (χ2v) is 12.6. The smallest absolute Gasteiger partial charge is 0.243 e. The van der Waals surface area contributed by atoms with Gasteiger partial charge in [0.1, 0.15) is 6.61 Å². The number of sulfonamides is 1. The Hall–Kier alpha value is -2.88. The topological polar surface area (TPSA) is 76.2 Å². The third-order valence-electron chi connectivity index (χ3n) is 7.01. The number of ether oxygens (including phenoxy) is 2. The van der Waals surface area contributed by atoms with Crippen molar-refractivity contribution in [3.8, 4) is 11.5 Å². The van der Waals surface area contributed by atoms with Crippen LogP contribution in [0.5, 0.6) is 11.5 Å². The molecule has 196 valence electrons. The number of carbonyl (C=O) groups excluding carboxylic acids is 1. The van der Waals surface area contributed by atoms with E-state index in [0.29, 0.717) is 30.5 Å². The number of nitrogens with zero attached hydrogens (tertiary/aromatic N) is 2.